The van der Waals surface area contributed by atoms with Gasteiger partial charge in [0, 0.05) is 19.2 Å². The van der Waals surface area contributed by atoms with Crippen LogP contribution in [-0.2, 0) is 20.9 Å². The smallest absolute Gasteiger partial charge is 0.309 e. The fourth-order valence-electron chi connectivity index (χ4n) is 2.21. The number of carboxylic acid groups (broad SMARTS) is 1. The molecule has 116 valence electrons. The molecule has 1 amide bonds. The Kier molecular flexibility index (Phi) is 4.62. The number of hydrogen-bond acceptors (Lipinski definition) is 4. The van der Waals surface area contributed by atoms with Crippen molar-refractivity contribution in [3.8, 4) is 0 Å². The first-order chi connectivity index (χ1) is 9.87. The molecule has 1 unspecified atom stereocenters. The van der Waals surface area contributed by atoms with Crippen LogP contribution in [0.4, 0.5) is 5.69 Å². The average molecular weight is 295 g/mol. The van der Waals surface area contributed by atoms with E-state index in [0.29, 0.717) is 12.2 Å². The van der Waals surface area contributed by atoms with E-state index in [4.69, 9.17) is 9.84 Å². The van der Waals surface area contributed by atoms with E-state index in [1.165, 1.54) is 13.8 Å². The number of nitrogens with one attached hydrogen (secondary N) is 1. The molecule has 0 saturated carbocycles. The average Bonchev–Trinajstić information content (AvgIpc) is 3.01. The molecule has 0 aromatic carbocycles. The second kappa shape index (κ2) is 6.26. The van der Waals surface area contributed by atoms with Crippen LogP contribution in [-0.4, -0.2) is 39.5 Å². The first-order valence-electron chi connectivity index (χ1n) is 7.04. The monoisotopic (exact) mass is 295 g/mol. The summed E-state index contributed by atoms with van der Waals surface area (Å²) in [6, 6.07) is 0. The number of rotatable bonds is 6. The minimum Gasteiger partial charge on any atom is -0.481 e. The van der Waals surface area contributed by atoms with Crippen LogP contribution >= 0.6 is 0 Å². The van der Waals surface area contributed by atoms with Crippen LogP contribution in [0.2, 0.25) is 0 Å². The number of aromatic nitrogens is 2. The van der Waals surface area contributed by atoms with Gasteiger partial charge in [-0.2, -0.15) is 5.10 Å². The standard InChI is InChI=1S/C14H21N3O4/c1-14(2,13(19)20)6-12(18)16-10-7-15-17(8-10)9-11-4-3-5-21-11/h7-8,11H,3-6,9H2,1-2H3,(H,16,18)(H,19,20). The number of amides is 1. The summed E-state index contributed by atoms with van der Waals surface area (Å²) in [4.78, 5) is 22.8. The molecular weight excluding hydrogens is 274 g/mol. The SMILES string of the molecule is CC(C)(CC(=O)Nc1cnn(CC2CCCO2)c1)C(=O)O. The Morgan fingerprint density at radius 1 is 1.57 bits per heavy atom. The van der Waals surface area contributed by atoms with Crippen molar-refractivity contribution in [3.05, 3.63) is 12.4 Å². The molecule has 7 nitrogen and oxygen atoms in total. The third-order valence-corrected chi connectivity index (χ3v) is 3.51. The van der Waals surface area contributed by atoms with E-state index in [2.05, 4.69) is 10.4 Å². The van der Waals surface area contributed by atoms with Crippen LogP contribution in [0.3, 0.4) is 0 Å². The van der Waals surface area contributed by atoms with Gasteiger partial charge in [0.15, 0.2) is 0 Å². The van der Waals surface area contributed by atoms with Gasteiger partial charge in [0.1, 0.15) is 0 Å². The summed E-state index contributed by atoms with van der Waals surface area (Å²) in [5, 5.41) is 15.9. The van der Waals surface area contributed by atoms with E-state index in [-0.39, 0.29) is 18.4 Å². The number of nitrogens with zero attached hydrogens (tertiary/aromatic N) is 2. The molecule has 1 saturated heterocycles. The molecule has 0 spiro atoms. The Balaban J connectivity index is 1.87. The summed E-state index contributed by atoms with van der Waals surface area (Å²) in [6.07, 6.45) is 5.47. The fraction of sp³-hybridized carbons (Fsp3) is 0.643. The highest BCUT2D eigenvalue weighted by molar-refractivity contribution is 5.93. The Bertz CT molecular complexity index is 518. The number of ether oxygens (including phenoxy) is 1. The lowest BCUT2D eigenvalue weighted by molar-refractivity contribution is -0.148. The van der Waals surface area contributed by atoms with Gasteiger partial charge in [-0.25, -0.2) is 0 Å². The van der Waals surface area contributed by atoms with Gasteiger partial charge >= 0.3 is 5.97 Å². The van der Waals surface area contributed by atoms with Crippen LogP contribution in [0.1, 0.15) is 33.1 Å². The topological polar surface area (TPSA) is 93.5 Å². The summed E-state index contributed by atoms with van der Waals surface area (Å²) < 4.78 is 7.26. The summed E-state index contributed by atoms with van der Waals surface area (Å²) in [7, 11) is 0. The predicted molar refractivity (Wildman–Crippen MR) is 75.9 cm³/mol. The highest BCUT2D eigenvalue weighted by Crippen LogP contribution is 2.21. The molecule has 1 fully saturated rings. The molecule has 0 bridgehead atoms. The van der Waals surface area contributed by atoms with Crippen LogP contribution in [0.25, 0.3) is 0 Å². The summed E-state index contributed by atoms with van der Waals surface area (Å²) in [5.41, 5.74) is -0.517. The van der Waals surface area contributed by atoms with E-state index >= 15 is 0 Å². The van der Waals surface area contributed by atoms with Crippen LogP contribution in [0.5, 0.6) is 0 Å². The molecular formula is C14H21N3O4. The van der Waals surface area contributed by atoms with E-state index < -0.39 is 11.4 Å². The van der Waals surface area contributed by atoms with Gasteiger partial charge in [-0.15, -0.1) is 0 Å². The van der Waals surface area contributed by atoms with Crippen molar-refractivity contribution in [1.29, 1.82) is 0 Å². The quantitative estimate of drug-likeness (QED) is 0.829. The normalized spacial score (nSPS) is 18.7. The lowest BCUT2D eigenvalue weighted by atomic mass is 9.89. The lowest BCUT2D eigenvalue weighted by Gasteiger charge is -2.17. The van der Waals surface area contributed by atoms with Crippen molar-refractivity contribution in [2.75, 3.05) is 11.9 Å². The van der Waals surface area contributed by atoms with Crippen LogP contribution < -0.4 is 5.32 Å². The van der Waals surface area contributed by atoms with Gasteiger partial charge in [0.05, 0.1) is 29.9 Å². The van der Waals surface area contributed by atoms with Crippen molar-refractivity contribution in [2.45, 2.75) is 45.8 Å². The first kappa shape index (κ1) is 15.5. The number of carboxylic acids is 1. The zero-order valence-corrected chi connectivity index (χ0v) is 12.3. The molecule has 1 aromatic heterocycles. The van der Waals surface area contributed by atoms with Gasteiger partial charge in [-0.05, 0) is 26.7 Å². The predicted octanol–water partition coefficient (Wildman–Crippen LogP) is 1.50. The maximum Gasteiger partial charge on any atom is 0.309 e. The van der Waals surface area contributed by atoms with Crippen molar-refractivity contribution in [2.24, 2.45) is 5.41 Å². The van der Waals surface area contributed by atoms with Gasteiger partial charge in [-0.3, -0.25) is 14.3 Å². The van der Waals surface area contributed by atoms with E-state index in [9.17, 15) is 9.59 Å². The molecule has 7 heteroatoms. The van der Waals surface area contributed by atoms with Gasteiger partial charge in [-0.1, -0.05) is 0 Å². The molecule has 1 aliphatic rings. The van der Waals surface area contributed by atoms with Crippen molar-refractivity contribution in [1.82, 2.24) is 9.78 Å². The highest BCUT2D eigenvalue weighted by atomic mass is 16.5. The van der Waals surface area contributed by atoms with Crippen molar-refractivity contribution < 1.29 is 19.4 Å². The van der Waals surface area contributed by atoms with Crippen LogP contribution in [0, 0.1) is 5.41 Å². The summed E-state index contributed by atoms with van der Waals surface area (Å²) >= 11 is 0. The molecule has 1 atom stereocenters. The number of carbonyl (C=O) groups is 2. The lowest BCUT2D eigenvalue weighted by Crippen LogP contribution is -2.29. The zero-order valence-electron chi connectivity index (χ0n) is 12.3. The Morgan fingerprint density at radius 2 is 2.33 bits per heavy atom. The van der Waals surface area contributed by atoms with Crippen LogP contribution in [0.15, 0.2) is 12.4 Å². The molecule has 2 heterocycles. The molecule has 1 aliphatic heterocycles. The molecule has 2 N–H and O–H groups in total. The van der Waals surface area contributed by atoms with E-state index in [1.54, 1.807) is 17.1 Å². The number of hydrogen-bond donors (Lipinski definition) is 2. The Morgan fingerprint density at radius 3 is 2.95 bits per heavy atom. The maximum absolute atomic E-state index is 11.9. The Labute approximate surface area is 123 Å². The Hall–Kier alpha value is -1.89. The second-order valence-corrected chi connectivity index (χ2v) is 6.00. The summed E-state index contributed by atoms with van der Waals surface area (Å²) in [5.74, 6) is -1.33. The highest BCUT2D eigenvalue weighted by Gasteiger charge is 2.30. The van der Waals surface area contributed by atoms with Crippen molar-refractivity contribution >= 4 is 17.6 Å². The second-order valence-electron chi connectivity index (χ2n) is 6.00. The van der Waals surface area contributed by atoms with Gasteiger partial charge in [0.2, 0.25) is 5.91 Å². The van der Waals surface area contributed by atoms with Crippen molar-refractivity contribution in [3.63, 3.8) is 0 Å². The number of carbonyl (C=O) groups excluding carboxylic acids is 1. The minimum atomic E-state index is -1.09. The molecule has 2 rings (SSSR count). The van der Waals surface area contributed by atoms with E-state index in [1.807, 2.05) is 0 Å². The third-order valence-electron chi connectivity index (χ3n) is 3.51. The minimum absolute atomic E-state index is 0.0841. The van der Waals surface area contributed by atoms with Gasteiger partial charge in [0.25, 0.3) is 0 Å². The van der Waals surface area contributed by atoms with E-state index in [0.717, 1.165) is 19.4 Å². The number of aliphatic carboxylic acids is 1. The summed E-state index contributed by atoms with van der Waals surface area (Å²) in [6.45, 7) is 4.50. The zero-order chi connectivity index (χ0) is 15.5. The fourth-order valence-corrected chi connectivity index (χ4v) is 2.21. The molecule has 1 aromatic rings. The maximum atomic E-state index is 11.9. The first-order valence-corrected chi connectivity index (χ1v) is 7.04. The molecule has 0 aliphatic carbocycles. The number of anilines is 1. The third kappa shape index (κ3) is 4.29. The molecule has 21 heavy (non-hydrogen) atoms. The molecule has 0 radical (unpaired) electrons. The van der Waals surface area contributed by atoms with Gasteiger partial charge < -0.3 is 15.2 Å². The largest absolute Gasteiger partial charge is 0.481 e.